The van der Waals surface area contributed by atoms with Crippen LogP contribution in [0, 0.1) is 0 Å². The van der Waals surface area contributed by atoms with Gasteiger partial charge in [-0.15, -0.1) is 0 Å². The van der Waals surface area contributed by atoms with Gasteiger partial charge in [0.2, 0.25) is 5.91 Å². The first-order valence-corrected chi connectivity index (χ1v) is 11.0. The van der Waals surface area contributed by atoms with Gasteiger partial charge in [0.15, 0.2) is 0 Å². The Labute approximate surface area is 185 Å². The van der Waals surface area contributed by atoms with Crippen molar-refractivity contribution in [3.8, 4) is 0 Å². The molecule has 31 heavy (non-hydrogen) atoms. The second kappa shape index (κ2) is 8.55. The minimum atomic E-state index is 0.00520. The number of hydrogen-bond donors (Lipinski definition) is 1. The van der Waals surface area contributed by atoms with Gasteiger partial charge in [0, 0.05) is 28.1 Å². The lowest BCUT2D eigenvalue weighted by Gasteiger charge is -2.24. The lowest BCUT2D eigenvalue weighted by atomic mass is 9.92. The van der Waals surface area contributed by atoms with Gasteiger partial charge in [-0.05, 0) is 37.0 Å². The van der Waals surface area contributed by atoms with Gasteiger partial charge in [0.1, 0.15) is 0 Å². The third kappa shape index (κ3) is 4.08. The van der Waals surface area contributed by atoms with Crippen LogP contribution < -0.4 is 5.32 Å². The number of amides is 1. The number of benzene rings is 2. The van der Waals surface area contributed by atoms with Crippen molar-refractivity contribution in [2.75, 3.05) is 0 Å². The number of aryl methyl sites for hydroxylation is 1. The van der Waals surface area contributed by atoms with Crippen molar-refractivity contribution in [3.63, 3.8) is 0 Å². The number of rotatable bonds is 6. The summed E-state index contributed by atoms with van der Waals surface area (Å²) in [6, 6.07) is 15.9. The maximum absolute atomic E-state index is 12.7. The Morgan fingerprint density at radius 1 is 1.06 bits per heavy atom. The van der Waals surface area contributed by atoms with Crippen molar-refractivity contribution in [2.24, 2.45) is 0 Å². The summed E-state index contributed by atoms with van der Waals surface area (Å²) in [5.74, 6) is 0.0382. The summed E-state index contributed by atoms with van der Waals surface area (Å²) in [5.41, 5.74) is 4.41. The van der Waals surface area contributed by atoms with Crippen LogP contribution in [0.2, 0.25) is 5.02 Å². The first-order chi connectivity index (χ1) is 15.2. The number of nitrogens with zero attached hydrogens (tertiary/aromatic N) is 4. The van der Waals surface area contributed by atoms with Crippen LogP contribution in [0.15, 0.2) is 60.9 Å². The minimum absolute atomic E-state index is 0.00520. The van der Waals surface area contributed by atoms with E-state index in [1.165, 1.54) is 5.69 Å². The van der Waals surface area contributed by atoms with Crippen molar-refractivity contribution in [3.05, 3.63) is 82.8 Å². The lowest BCUT2D eigenvalue weighted by molar-refractivity contribution is -0.122. The van der Waals surface area contributed by atoms with Crippen molar-refractivity contribution in [1.29, 1.82) is 0 Å². The Balaban J connectivity index is 1.25. The van der Waals surface area contributed by atoms with E-state index in [0.717, 1.165) is 46.3 Å². The number of para-hydroxylation sites is 1. The summed E-state index contributed by atoms with van der Waals surface area (Å²) >= 11 is 6.33. The maximum Gasteiger partial charge on any atom is 0.222 e. The zero-order valence-electron chi connectivity index (χ0n) is 17.2. The average molecular weight is 434 g/mol. The molecule has 2 aromatic carbocycles. The first-order valence-electron chi connectivity index (χ1n) is 10.7. The van der Waals surface area contributed by atoms with E-state index in [-0.39, 0.29) is 11.9 Å². The van der Waals surface area contributed by atoms with E-state index in [1.807, 2.05) is 70.3 Å². The van der Waals surface area contributed by atoms with Crippen molar-refractivity contribution < 1.29 is 4.79 Å². The predicted molar refractivity (Wildman–Crippen MR) is 121 cm³/mol. The number of hydrogen-bond acceptors (Lipinski definition) is 3. The molecular formula is C24H24ClN5O. The second-order valence-corrected chi connectivity index (χ2v) is 8.39. The van der Waals surface area contributed by atoms with Crippen LogP contribution in [0.4, 0.5) is 0 Å². The van der Waals surface area contributed by atoms with Crippen LogP contribution in [0.1, 0.15) is 42.1 Å². The molecule has 0 spiro atoms. The van der Waals surface area contributed by atoms with E-state index in [2.05, 4.69) is 15.5 Å². The molecule has 1 atom stereocenters. The molecular weight excluding hydrogens is 410 g/mol. The van der Waals surface area contributed by atoms with Crippen LogP contribution in [-0.4, -0.2) is 25.5 Å². The van der Waals surface area contributed by atoms with E-state index in [0.29, 0.717) is 19.5 Å². The highest BCUT2D eigenvalue weighted by Crippen LogP contribution is 2.30. The molecule has 6 nitrogen and oxygen atoms in total. The summed E-state index contributed by atoms with van der Waals surface area (Å²) in [5, 5.41) is 14.1. The normalized spacial score (nSPS) is 15.7. The molecule has 1 aliphatic rings. The molecule has 0 bridgehead atoms. The number of carbonyl (C=O) groups excluding carboxylic acids is 1. The third-order valence-electron chi connectivity index (χ3n) is 5.98. The SMILES string of the molecule is O=C(CCn1ncc2ccccc21)N[C@@H]1CCCc2c1cnn2Cc1ccccc1Cl. The standard InChI is InChI=1S/C24H24ClN5O/c25-20-8-3-1-7-18(20)16-30-23-11-5-9-21(19(23)15-27-30)28-24(31)12-13-29-22-10-4-2-6-17(22)14-26-29/h1-4,6-8,10,14-15,21H,5,9,11-13,16H2,(H,28,31)/t21-/m1/s1. The highest BCUT2D eigenvalue weighted by Gasteiger charge is 2.25. The zero-order valence-corrected chi connectivity index (χ0v) is 17.9. The van der Waals surface area contributed by atoms with Gasteiger partial charge in [0.05, 0.1) is 37.0 Å². The summed E-state index contributed by atoms with van der Waals surface area (Å²) < 4.78 is 3.91. The molecule has 0 fully saturated rings. The molecule has 158 valence electrons. The van der Waals surface area contributed by atoms with Crippen LogP contribution in [0.25, 0.3) is 10.9 Å². The van der Waals surface area contributed by atoms with E-state index in [4.69, 9.17) is 11.6 Å². The van der Waals surface area contributed by atoms with Gasteiger partial charge in [0.25, 0.3) is 0 Å². The highest BCUT2D eigenvalue weighted by atomic mass is 35.5. The number of halogens is 1. The Morgan fingerprint density at radius 2 is 1.87 bits per heavy atom. The zero-order chi connectivity index (χ0) is 21.2. The second-order valence-electron chi connectivity index (χ2n) is 7.98. The molecule has 1 aliphatic carbocycles. The number of carbonyl (C=O) groups is 1. The number of nitrogens with one attached hydrogen (secondary N) is 1. The van der Waals surface area contributed by atoms with Gasteiger partial charge < -0.3 is 5.32 Å². The first kappa shape index (κ1) is 19.8. The van der Waals surface area contributed by atoms with Crippen molar-refractivity contribution in [2.45, 2.75) is 44.8 Å². The van der Waals surface area contributed by atoms with E-state index < -0.39 is 0 Å². The van der Waals surface area contributed by atoms with Crippen LogP contribution in [0.5, 0.6) is 0 Å². The van der Waals surface area contributed by atoms with Crippen molar-refractivity contribution >= 4 is 28.4 Å². The van der Waals surface area contributed by atoms with Gasteiger partial charge in [-0.1, -0.05) is 48.0 Å². The van der Waals surface area contributed by atoms with Gasteiger partial charge in [-0.25, -0.2) is 0 Å². The Morgan fingerprint density at radius 3 is 2.77 bits per heavy atom. The molecule has 5 rings (SSSR count). The number of fused-ring (bicyclic) bond motifs is 2. The van der Waals surface area contributed by atoms with Crippen LogP contribution >= 0.6 is 11.6 Å². The number of aromatic nitrogens is 4. The fraction of sp³-hybridized carbons (Fsp3) is 0.292. The molecule has 0 aliphatic heterocycles. The maximum atomic E-state index is 12.7. The fourth-order valence-corrected chi connectivity index (χ4v) is 4.57. The van der Waals surface area contributed by atoms with Crippen LogP contribution in [-0.2, 0) is 24.3 Å². The molecule has 4 aromatic rings. The summed E-state index contributed by atoms with van der Waals surface area (Å²) in [6.07, 6.45) is 7.05. The van der Waals surface area contributed by atoms with Gasteiger partial charge >= 0.3 is 0 Å². The molecule has 0 saturated heterocycles. The largest absolute Gasteiger partial charge is 0.349 e. The van der Waals surface area contributed by atoms with E-state index in [9.17, 15) is 4.79 Å². The Kier molecular flexibility index (Phi) is 5.47. The summed E-state index contributed by atoms with van der Waals surface area (Å²) in [6.45, 7) is 1.20. The molecule has 0 radical (unpaired) electrons. The van der Waals surface area contributed by atoms with E-state index in [1.54, 1.807) is 0 Å². The monoisotopic (exact) mass is 433 g/mol. The quantitative estimate of drug-likeness (QED) is 0.486. The summed E-state index contributed by atoms with van der Waals surface area (Å²) in [7, 11) is 0. The fourth-order valence-electron chi connectivity index (χ4n) is 4.37. The van der Waals surface area contributed by atoms with Gasteiger partial charge in [-0.3, -0.25) is 14.2 Å². The molecule has 1 N–H and O–H groups in total. The molecule has 1 amide bonds. The minimum Gasteiger partial charge on any atom is -0.349 e. The average Bonchev–Trinajstić information content (AvgIpc) is 3.39. The molecule has 0 unspecified atom stereocenters. The third-order valence-corrected chi connectivity index (χ3v) is 6.35. The van der Waals surface area contributed by atoms with E-state index >= 15 is 0 Å². The Hall–Kier alpha value is -3.12. The highest BCUT2D eigenvalue weighted by molar-refractivity contribution is 6.31. The topological polar surface area (TPSA) is 64.7 Å². The summed E-state index contributed by atoms with van der Waals surface area (Å²) in [4.78, 5) is 12.7. The van der Waals surface area contributed by atoms with Gasteiger partial charge in [-0.2, -0.15) is 10.2 Å². The van der Waals surface area contributed by atoms with Crippen LogP contribution in [0.3, 0.4) is 0 Å². The molecule has 2 heterocycles. The van der Waals surface area contributed by atoms with Crippen molar-refractivity contribution in [1.82, 2.24) is 24.9 Å². The lowest BCUT2D eigenvalue weighted by Crippen LogP contribution is -2.31. The molecule has 0 saturated carbocycles. The molecule has 2 aromatic heterocycles. The Bertz CT molecular complexity index is 1230. The smallest absolute Gasteiger partial charge is 0.222 e. The predicted octanol–water partition coefficient (Wildman–Crippen LogP) is 4.52. The molecule has 7 heteroatoms.